The van der Waals surface area contributed by atoms with Crippen molar-refractivity contribution < 1.29 is 9.52 Å². The van der Waals surface area contributed by atoms with Crippen LogP contribution in [-0.4, -0.2) is 5.11 Å². The largest absolute Gasteiger partial charge is 0.508 e. The van der Waals surface area contributed by atoms with E-state index in [0.717, 1.165) is 10.9 Å². The van der Waals surface area contributed by atoms with E-state index in [-0.39, 0.29) is 18.2 Å². The number of benzene rings is 1. The van der Waals surface area contributed by atoms with Crippen molar-refractivity contribution in [2.24, 2.45) is 0 Å². The summed E-state index contributed by atoms with van der Waals surface area (Å²) in [5, 5.41) is 10.1. The lowest BCUT2D eigenvalue weighted by molar-refractivity contribution is 0.472. The molecule has 0 saturated heterocycles. The number of rotatable bonds is 0. The van der Waals surface area contributed by atoms with E-state index in [1.807, 2.05) is 6.92 Å². The van der Waals surface area contributed by atoms with Crippen LogP contribution in [0.4, 0.5) is 0 Å². The van der Waals surface area contributed by atoms with Gasteiger partial charge in [0.15, 0.2) is 0 Å². The second-order valence-electron chi connectivity index (χ2n) is 2.93. The summed E-state index contributed by atoms with van der Waals surface area (Å²) in [4.78, 5) is 10.9. The highest BCUT2D eigenvalue weighted by Crippen LogP contribution is 2.22. The minimum Gasteiger partial charge on any atom is -0.508 e. The van der Waals surface area contributed by atoms with E-state index in [4.69, 9.17) is 4.42 Å². The quantitative estimate of drug-likeness (QED) is 0.682. The first-order valence-electron chi connectivity index (χ1n) is 3.90. The lowest BCUT2D eigenvalue weighted by atomic mass is 10.1. The second kappa shape index (κ2) is 3.72. The zero-order chi connectivity index (χ0) is 9.42. The highest BCUT2D eigenvalue weighted by Gasteiger charge is 2.01. The Bertz CT molecular complexity index is 516. The molecule has 4 heteroatoms. The lowest BCUT2D eigenvalue weighted by Gasteiger charge is -2.00. The summed E-state index contributed by atoms with van der Waals surface area (Å²) in [5.41, 5.74) is 0.904. The Balaban J connectivity index is 0.000000980. The van der Waals surface area contributed by atoms with E-state index in [1.165, 1.54) is 12.1 Å². The third-order valence-electron chi connectivity index (χ3n) is 1.93. The summed E-state index contributed by atoms with van der Waals surface area (Å²) >= 11 is 0. The molecular formula is C10H9ClO3. The maximum Gasteiger partial charge on any atom is 0.336 e. The summed E-state index contributed by atoms with van der Waals surface area (Å²) in [6.07, 6.45) is 0. The molecule has 0 bridgehead atoms. The van der Waals surface area contributed by atoms with Gasteiger partial charge in [0.25, 0.3) is 0 Å². The van der Waals surface area contributed by atoms with E-state index >= 15 is 0 Å². The predicted molar refractivity (Wildman–Crippen MR) is 56.1 cm³/mol. The molecule has 14 heavy (non-hydrogen) atoms. The van der Waals surface area contributed by atoms with Gasteiger partial charge in [-0.3, -0.25) is 0 Å². The van der Waals surface area contributed by atoms with Gasteiger partial charge in [-0.1, -0.05) is 0 Å². The third kappa shape index (κ3) is 1.72. The molecule has 0 aliphatic carbocycles. The Labute approximate surface area is 86.4 Å². The first-order valence-corrected chi connectivity index (χ1v) is 3.90. The Morgan fingerprint density at radius 1 is 1.29 bits per heavy atom. The highest BCUT2D eigenvalue weighted by molar-refractivity contribution is 5.85. The van der Waals surface area contributed by atoms with Crippen molar-refractivity contribution in [1.82, 2.24) is 0 Å². The maximum absolute atomic E-state index is 10.9. The van der Waals surface area contributed by atoms with E-state index in [9.17, 15) is 9.90 Å². The molecule has 0 aliphatic rings. The zero-order valence-corrected chi connectivity index (χ0v) is 8.30. The van der Waals surface area contributed by atoms with Gasteiger partial charge in [-0.25, -0.2) is 4.79 Å². The van der Waals surface area contributed by atoms with Gasteiger partial charge in [0.1, 0.15) is 11.3 Å². The molecule has 0 spiro atoms. The monoisotopic (exact) mass is 212 g/mol. The average molecular weight is 213 g/mol. The van der Waals surface area contributed by atoms with E-state index in [2.05, 4.69) is 0 Å². The third-order valence-corrected chi connectivity index (χ3v) is 1.93. The Kier molecular flexibility index (Phi) is 2.81. The molecule has 0 aliphatic heterocycles. The molecule has 1 aromatic heterocycles. The van der Waals surface area contributed by atoms with Crippen LogP contribution in [0, 0.1) is 6.92 Å². The summed E-state index contributed by atoms with van der Waals surface area (Å²) in [6.45, 7) is 1.85. The Hall–Kier alpha value is -1.48. The molecule has 0 saturated carbocycles. The van der Waals surface area contributed by atoms with Gasteiger partial charge in [0, 0.05) is 17.5 Å². The highest BCUT2D eigenvalue weighted by atomic mass is 35.5. The summed E-state index contributed by atoms with van der Waals surface area (Å²) in [7, 11) is 0. The fourth-order valence-electron chi connectivity index (χ4n) is 1.34. The van der Waals surface area contributed by atoms with E-state index in [0.29, 0.717) is 5.58 Å². The number of hydrogen-bond acceptors (Lipinski definition) is 3. The molecule has 1 aromatic carbocycles. The number of aryl methyl sites for hydroxylation is 1. The molecule has 0 amide bonds. The second-order valence-corrected chi connectivity index (χ2v) is 2.93. The van der Waals surface area contributed by atoms with Crippen LogP contribution in [-0.2, 0) is 0 Å². The van der Waals surface area contributed by atoms with Crippen LogP contribution in [0.5, 0.6) is 5.75 Å². The van der Waals surface area contributed by atoms with Gasteiger partial charge >= 0.3 is 5.63 Å². The number of aromatic hydroxyl groups is 1. The van der Waals surface area contributed by atoms with Crippen molar-refractivity contribution in [2.45, 2.75) is 6.92 Å². The van der Waals surface area contributed by atoms with Crippen molar-refractivity contribution in [1.29, 1.82) is 0 Å². The lowest BCUT2D eigenvalue weighted by Crippen LogP contribution is -1.94. The van der Waals surface area contributed by atoms with Crippen molar-refractivity contribution in [3.05, 3.63) is 40.2 Å². The zero-order valence-electron chi connectivity index (χ0n) is 7.48. The van der Waals surface area contributed by atoms with Crippen LogP contribution in [0.2, 0.25) is 0 Å². The first kappa shape index (κ1) is 10.6. The summed E-state index contributed by atoms with van der Waals surface area (Å²) < 4.78 is 4.91. The topological polar surface area (TPSA) is 50.4 Å². The minimum absolute atomic E-state index is 0. The molecule has 0 radical (unpaired) electrons. The van der Waals surface area contributed by atoms with Crippen LogP contribution >= 0.6 is 12.4 Å². The normalized spacial score (nSPS) is 9.79. The van der Waals surface area contributed by atoms with Gasteiger partial charge < -0.3 is 9.52 Å². The van der Waals surface area contributed by atoms with Crippen molar-refractivity contribution >= 4 is 23.4 Å². The van der Waals surface area contributed by atoms with Gasteiger partial charge in [-0.05, 0) is 24.6 Å². The number of hydrogen-bond donors (Lipinski definition) is 1. The van der Waals surface area contributed by atoms with Gasteiger partial charge in [-0.15, -0.1) is 12.4 Å². The number of phenols is 1. The van der Waals surface area contributed by atoms with Crippen molar-refractivity contribution in [3.63, 3.8) is 0 Å². The molecule has 2 aromatic rings. The van der Waals surface area contributed by atoms with Crippen LogP contribution < -0.4 is 5.63 Å². The average Bonchev–Trinajstić information content (AvgIpc) is 2.02. The molecule has 74 valence electrons. The molecule has 0 fully saturated rings. The smallest absolute Gasteiger partial charge is 0.336 e. The molecule has 2 rings (SSSR count). The van der Waals surface area contributed by atoms with Gasteiger partial charge in [0.05, 0.1) is 0 Å². The van der Waals surface area contributed by atoms with Crippen molar-refractivity contribution in [2.75, 3.05) is 0 Å². The Morgan fingerprint density at radius 3 is 2.71 bits per heavy atom. The van der Waals surface area contributed by atoms with Crippen LogP contribution in [0.25, 0.3) is 11.0 Å². The molecule has 1 heterocycles. The molecular weight excluding hydrogens is 204 g/mol. The molecule has 3 nitrogen and oxygen atoms in total. The number of halogens is 1. The summed E-state index contributed by atoms with van der Waals surface area (Å²) in [5.74, 6) is 0.111. The van der Waals surface area contributed by atoms with Crippen LogP contribution in [0.1, 0.15) is 5.56 Å². The minimum atomic E-state index is -0.405. The first-order chi connectivity index (χ1) is 6.16. The van der Waals surface area contributed by atoms with Crippen LogP contribution in [0.3, 0.4) is 0 Å². The molecule has 1 N–H and O–H groups in total. The predicted octanol–water partition coefficient (Wildman–Crippen LogP) is 2.23. The summed E-state index contributed by atoms with van der Waals surface area (Å²) in [6, 6.07) is 6.12. The fraction of sp³-hybridized carbons (Fsp3) is 0.100. The number of fused-ring (bicyclic) bond motifs is 1. The van der Waals surface area contributed by atoms with Crippen molar-refractivity contribution in [3.8, 4) is 5.75 Å². The Morgan fingerprint density at radius 2 is 2.00 bits per heavy atom. The fourth-order valence-corrected chi connectivity index (χ4v) is 1.34. The van der Waals surface area contributed by atoms with E-state index in [1.54, 1.807) is 12.1 Å². The van der Waals surface area contributed by atoms with Gasteiger partial charge in [-0.2, -0.15) is 0 Å². The van der Waals surface area contributed by atoms with Crippen LogP contribution in [0.15, 0.2) is 33.5 Å². The number of phenolic OH excluding ortho intramolecular Hbond substituents is 1. The van der Waals surface area contributed by atoms with E-state index < -0.39 is 5.63 Å². The standard InChI is InChI=1S/C10H8O3.ClH/c1-6-4-7(11)5-9-8(6)2-3-10(12)13-9;/h2-5,11H,1H3;1H. The molecule has 0 atom stereocenters. The molecule has 0 unspecified atom stereocenters. The van der Waals surface area contributed by atoms with Gasteiger partial charge in [0.2, 0.25) is 0 Å². The maximum atomic E-state index is 10.9. The SMILES string of the molecule is Cc1cc(O)cc2oc(=O)ccc12.Cl.